The number of carboxylic acid groups (broad SMARTS) is 1. The lowest BCUT2D eigenvalue weighted by molar-refractivity contribution is -0.152. The van der Waals surface area contributed by atoms with E-state index in [1.165, 1.54) is 7.11 Å². The predicted molar refractivity (Wildman–Crippen MR) is 134 cm³/mol. The highest BCUT2D eigenvalue weighted by molar-refractivity contribution is 6.03. The minimum absolute atomic E-state index is 0.0231. The molecule has 3 N–H and O–H groups in total. The Balaban J connectivity index is 1.90. The van der Waals surface area contributed by atoms with Gasteiger partial charge in [0, 0.05) is 25.8 Å². The Morgan fingerprint density at radius 2 is 2.00 bits per heavy atom. The molecule has 0 saturated carbocycles. The number of carboxylic acids is 1. The topological polar surface area (TPSA) is 132 Å². The molecule has 2 aromatic rings. The lowest BCUT2D eigenvalue weighted by atomic mass is 9.99. The van der Waals surface area contributed by atoms with Crippen LogP contribution < -0.4 is 4.74 Å². The Bertz CT molecular complexity index is 1120. The number of carbonyl (C=O) groups is 1. The fraction of sp³-hybridized carbons (Fsp3) is 0.538. The molecular formula is C26H36N2O8. The number of nitrogens with zero attached hydrogens (tertiary/aromatic N) is 2. The van der Waals surface area contributed by atoms with Gasteiger partial charge in [-0.2, -0.15) is 0 Å². The van der Waals surface area contributed by atoms with Crippen LogP contribution in [0.25, 0.3) is 17.1 Å². The van der Waals surface area contributed by atoms with Crippen LogP contribution in [0, 0.1) is 5.92 Å². The summed E-state index contributed by atoms with van der Waals surface area (Å²) in [6.45, 7) is 6.99. The highest BCUT2D eigenvalue weighted by Crippen LogP contribution is 2.34. The minimum Gasteiger partial charge on any atom is -0.478 e. The maximum Gasteiger partial charge on any atom is 0.340 e. The molecule has 198 valence electrons. The molecule has 2 heterocycles. The highest BCUT2D eigenvalue weighted by atomic mass is 16.8. The van der Waals surface area contributed by atoms with Crippen molar-refractivity contribution in [2.45, 2.75) is 64.3 Å². The van der Waals surface area contributed by atoms with Gasteiger partial charge in [-0.15, -0.1) is 0 Å². The van der Waals surface area contributed by atoms with Gasteiger partial charge in [0.25, 0.3) is 0 Å². The Morgan fingerprint density at radius 3 is 2.64 bits per heavy atom. The molecule has 1 aromatic carbocycles. The van der Waals surface area contributed by atoms with E-state index in [9.17, 15) is 20.1 Å². The summed E-state index contributed by atoms with van der Waals surface area (Å²) in [6, 6.07) is 1.63. The van der Waals surface area contributed by atoms with Crippen LogP contribution in [0.4, 0.5) is 0 Å². The summed E-state index contributed by atoms with van der Waals surface area (Å²) in [7, 11) is 3.27. The maximum absolute atomic E-state index is 12.2. The van der Waals surface area contributed by atoms with Gasteiger partial charge in [0.15, 0.2) is 12.6 Å². The average Bonchev–Trinajstić information content (AvgIpc) is 3.33. The molecule has 36 heavy (non-hydrogen) atoms. The van der Waals surface area contributed by atoms with Crippen LogP contribution in [0.2, 0.25) is 0 Å². The van der Waals surface area contributed by atoms with Crippen molar-refractivity contribution in [3.05, 3.63) is 41.7 Å². The van der Waals surface area contributed by atoms with E-state index in [0.29, 0.717) is 23.0 Å². The van der Waals surface area contributed by atoms with Crippen molar-refractivity contribution in [3.63, 3.8) is 0 Å². The first-order valence-electron chi connectivity index (χ1n) is 11.8. The molecule has 1 fully saturated rings. The second-order valence-corrected chi connectivity index (χ2v) is 9.49. The third-order valence-electron chi connectivity index (χ3n) is 6.15. The number of benzene rings is 1. The normalized spacial score (nSPS) is 22.4. The van der Waals surface area contributed by atoms with Crippen molar-refractivity contribution in [1.82, 2.24) is 9.55 Å². The molecular weight excluding hydrogens is 468 g/mol. The van der Waals surface area contributed by atoms with Crippen LogP contribution in [-0.2, 0) is 21.3 Å². The summed E-state index contributed by atoms with van der Waals surface area (Å²) < 4.78 is 24.3. The molecule has 0 bridgehead atoms. The van der Waals surface area contributed by atoms with Crippen LogP contribution in [0.3, 0.4) is 0 Å². The zero-order chi connectivity index (χ0) is 26.6. The van der Waals surface area contributed by atoms with Crippen LogP contribution in [0.5, 0.6) is 5.75 Å². The van der Waals surface area contributed by atoms with E-state index in [2.05, 4.69) is 4.98 Å². The second kappa shape index (κ2) is 11.5. The van der Waals surface area contributed by atoms with Crippen molar-refractivity contribution >= 4 is 23.1 Å². The number of rotatable bonds is 11. The molecule has 1 aliphatic rings. The lowest BCUT2D eigenvalue weighted by Gasteiger charge is -2.20. The highest BCUT2D eigenvalue weighted by Gasteiger charge is 2.43. The van der Waals surface area contributed by atoms with Crippen LogP contribution >= 0.6 is 0 Å². The molecule has 10 heteroatoms. The Hall–Kier alpha value is -2.76. The summed E-state index contributed by atoms with van der Waals surface area (Å²) in [5.74, 6) is -2.01. The SMILES string of the molecule is COCOc1cc2c(ncn2C)c(C=CC[C@@H]2OC(C)(C)O[C@@H]2C(O)C=C[C@@H](C)C(C)O)c1C(=O)O. The van der Waals surface area contributed by atoms with Crippen LogP contribution in [0.15, 0.2) is 30.6 Å². The number of imidazole rings is 1. The minimum atomic E-state index is -1.15. The van der Waals surface area contributed by atoms with E-state index < -0.39 is 36.2 Å². The van der Waals surface area contributed by atoms with Crippen molar-refractivity contribution < 1.29 is 39.1 Å². The monoisotopic (exact) mass is 504 g/mol. The molecule has 1 saturated heterocycles. The number of aromatic nitrogens is 2. The van der Waals surface area contributed by atoms with Crippen LogP contribution in [-0.4, -0.2) is 74.9 Å². The van der Waals surface area contributed by atoms with Crippen molar-refractivity contribution in [2.75, 3.05) is 13.9 Å². The molecule has 1 aliphatic heterocycles. The number of hydrogen-bond donors (Lipinski definition) is 3. The van der Waals surface area contributed by atoms with Gasteiger partial charge in [-0.1, -0.05) is 31.2 Å². The number of aromatic carboxylic acids is 1. The van der Waals surface area contributed by atoms with Crippen molar-refractivity contribution in [1.29, 1.82) is 0 Å². The summed E-state index contributed by atoms with van der Waals surface area (Å²) in [5.41, 5.74) is 1.60. The van der Waals surface area contributed by atoms with E-state index in [1.54, 1.807) is 62.0 Å². The number of hydrogen-bond acceptors (Lipinski definition) is 8. The lowest BCUT2D eigenvalue weighted by Crippen LogP contribution is -2.34. The quantitative estimate of drug-likeness (QED) is 0.312. The van der Waals surface area contributed by atoms with Gasteiger partial charge in [0.1, 0.15) is 23.5 Å². The zero-order valence-electron chi connectivity index (χ0n) is 21.5. The number of aryl methyl sites for hydroxylation is 1. The maximum atomic E-state index is 12.2. The van der Waals surface area contributed by atoms with Gasteiger partial charge in [-0.25, -0.2) is 9.78 Å². The number of aliphatic hydroxyl groups is 2. The molecule has 3 rings (SSSR count). The molecule has 2 unspecified atom stereocenters. The summed E-state index contributed by atoms with van der Waals surface area (Å²) >= 11 is 0. The van der Waals surface area contributed by atoms with Gasteiger partial charge < -0.3 is 38.8 Å². The molecule has 0 radical (unpaired) electrons. The van der Waals surface area contributed by atoms with Gasteiger partial charge in [-0.05, 0) is 33.1 Å². The Labute approximate surface area is 210 Å². The standard InChI is InChI=1S/C26H36N2O8/c1-15(16(2)29)10-11-19(30)24-20(35-26(3,4)36-24)9-7-8-17-22(25(31)32)21(34-14-33-6)12-18-23(17)27-13-28(18)5/h7-8,10-13,15-16,19-20,24,29-30H,9,14H2,1-6H3,(H,31,32)/t15-,16?,19?,20+,24-/m1/s1. The molecule has 5 atom stereocenters. The van der Waals surface area contributed by atoms with Crippen molar-refractivity contribution in [3.8, 4) is 5.75 Å². The first-order valence-corrected chi connectivity index (χ1v) is 11.8. The number of aliphatic hydroxyl groups excluding tert-OH is 2. The third kappa shape index (κ3) is 6.32. The fourth-order valence-corrected chi connectivity index (χ4v) is 4.10. The van der Waals surface area contributed by atoms with Gasteiger partial charge in [0.2, 0.25) is 0 Å². The summed E-state index contributed by atoms with van der Waals surface area (Å²) in [6.07, 6.45) is 6.16. The van der Waals surface area contributed by atoms with E-state index >= 15 is 0 Å². The zero-order valence-corrected chi connectivity index (χ0v) is 21.5. The predicted octanol–water partition coefficient (Wildman–Crippen LogP) is 3.11. The molecule has 0 aliphatic carbocycles. The first kappa shape index (κ1) is 27.8. The molecule has 0 amide bonds. The summed E-state index contributed by atoms with van der Waals surface area (Å²) in [5, 5.41) is 30.4. The first-order chi connectivity index (χ1) is 16.9. The Morgan fingerprint density at radius 1 is 1.28 bits per heavy atom. The van der Waals surface area contributed by atoms with Crippen LogP contribution in [0.1, 0.15) is 50.0 Å². The Kier molecular flexibility index (Phi) is 8.91. The van der Waals surface area contributed by atoms with E-state index in [1.807, 2.05) is 14.0 Å². The third-order valence-corrected chi connectivity index (χ3v) is 6.15. The van der Waals surface area contributed by atoms with Gasteiger partial charge in [-0.3, -0.25) is 0 Å². The largest absolute Gasteiger partial charge is 0.478 e. The van der Waals surface area contributed by atoms with E-state index in [-0.39, 0.29) is 24.0 Å². The second-order valence-electron chi connectivity index (χ2n) is 9.49. The van der Waals surface area contributed by atoms with E-state index in [4.69, 9.17) is 18.9 Å². The molecule has 1 aromatic heterocycles. The average molecular weight is 505 g/mol. The van der Waals surface area contributed by atoms with Crippen molar-refractivity contribution in [2.24, 2.45) is 13.0 Å². The van der Waals surface area contributed by atoms with E-state index in [0.717, 1.165) is 0 Å². The van der Waals surface area contributed by atoms with Gasteiger partial charge in [0.05, 0.1) is 29.6 Å². The molecule has 0 spiro atoms. The smallest absolute Gasteiger partial charge is 0.340 e. The molecule has 10 nitrogen and oxygen atoms in total. The van der Waals surface area contributed by atoms with Gasteiger partial charge >= 0.3 is 5.97 Å². The number of ether oxygens (including phenoxy) is 4. The number of methoxy groups -OCH3 is 1. The number of fused-ring (bicyclic) bond motifs is 1. The summed E-state index contributed by atoms with van der Waals surface area (Å²) in [4.78, 5) is 16.6. The fourth-order valence-electron chi connectivity index (χ4n) is 4.10.